The molecule has 0 bridgehead atoms. The predicted octanol–water partition coefficient (Wildman–Crippen LogP) is 5.00. The van der Waals surface area contributed by atoms with Crippen molar-refractivity contribution in [2.45, 2.75) is 30.1 Å². The maximum Gasteiger partial charge on any atom is 0.303 e. The fourth-order valence-corrected chi connectivity index (χ4v) is 4.14. The second-order valence-corrected chi connectivity index (χ2v) is 9.53. The van der Waals surface area contributed by atoms with Gasteiger partial charge in [0.25, 0.3) is 5.91 Å². The van der Waals surface area contributed by atoms with Gasteiger partial charge in [-0.2, -0.15) is 0 Å². The summed E-state index contributed by atoms with van der Waals surface area (Å²) in [6.07, 6.45) is 1.04. The van der Waals surface area contributed by atoms with E-state index >= 15 is 0 Å². The average molecular weight is 574 g/mol. The zero-order chi connectivity index (χ0) is 26.4. The van der Waals surface area contributed by atoms with Crippen LogP contribution in [-0.4, -0.2) is 50.3 Å². The van der Waals surface area contributed by atoms with E-state index in [2.05, 4.69) is 10.1 Å². The first-order chi connectivity index (χ1) is 17.1. The summed E-state index contributed by atoms with van der Waals surface area (Å²) in [5, 5.41) is 13.6. The highest BCUT2D eigenvalue weighted by atomic mass is 35.5. The molecule has 0 unspecified atom stereocenters. The summed E-state index contributed by atoms with van der Waals surface area (Å²) in [5.74, 6) is -1.85. The number of hydrogen-bond donors (Lipinski definition) is 2. The standard InChI is InChI=1S/C23H20Cl4N4O5/c24-13-2-1-3-14(25)21(13)17-11-19(36-30-17)16-10-12(6-8-29-16)31(23(35)22(26)27)9-7-18(32)15(28)4-5-20(33)34/h1-3,6,8,10-11,15,22H,4-5,7,9,28H2,(H,33,34)/t15-/m0/s1. The van der Waals surface area contributed by atoms with Crippen LogP contribution in [0.4, 0.5) is 5.69 Å². The van der Waals surface area contributed by atoms with Crippen LogP contribution in [0.3, 0.4) is 0 Å². The first kappa shape index (κ1) is 27.9. The quantitative estimate of drug-likeness (QED) is 0.305. The molecule has 190 valence electrons. The number of amides is 1. The van der Waals surface area contributed by atoms with Crippen molar-refractivity contribution in [1.82, 2.24) is 10.1 Å². The van der Waals surface area contributed by atoms with Gasteiger partial charge in [-0.15, -0.1) is 0 Å². The fourth-order valence-electron chi connectivity index (χ4n) is 3.31. The number of nitrogens with two attached hydrogens (primary N) is 1. The molecule has 0 radical (unpaired) electrons. The van der Waals surface area contributed by atoms with E-state index < -0.39 is 28.5 Å². The number of pyridine rings is 1. The zero-order valence-electron chi connectivity index (χ0n) is 18.5. The topological polar surface area (TPSA) is 140 Å². The Morgan fingerprint density at radius 3 is 2.39 bits per heavy atom. The third kappa shape index (κ3) is 6.96. The number of carboxylic acids is 1. The number of hydrogen-bond acceptors (Lipinski definition) is 7. The molecule has 0 saturated heterocycles. The Morgan fingerprint density at radius 2 is 1.75 bits per heavy atom. The number of anilines is 1. The summed E-state index contributed by atoms with van der Waals surface area (Å²) in [7, 11) is 0. The summed E-state index contributed by atoms with van der Waals surface area (Å²) >= 11 is 24.1. The maximum atomic E-state index is 12.7. The second kappa shape index (κ2) is 12.5. The van der Waals surface area contributed by atoms with Crippen molar-refractivity contribution in [2.24, 2.45) is 5.73 Å². The normalized spacial score (nSPS) is 11.9. The molecule has 1 atom stereocenters. The zero-order valence-corrected chi connectivity index (χ0v) is 21.6. The van der Waals surface area contributed by atoms with Crippen LogP contribution in [0.2, 0.25) is 10.0 Å². The highest BCUT2D eigenvalue weighted by Crippen LogP contribution is 2.36. The van der Waals surface area contributed by atoms with Gasteiger partial charge in [-0.3, -0.25) is 19.4 Å². The Balaban J connectivity index is 1.84. The number of carbonyl (C=O) groups excluding carboxylic acids is 2. The Bertz CT molecular complexity index is 1250. The van der Waals surface area contributed by atoms with E-state index in [1.54, 1.807) is 30.3 Å². The molecule has 3 aromatic rings. The Kier molecular flexibility index (Phi) is 9.69. The molecule has 0 aliphatic carbocycles. The molecule has 13 heteroatoms. The molecule has 3 rings (SSSR count). The number of aromatic nitrogens is 2. The minimum Gasteiger partial charge on any atom is -0.481 e. The van der Waals surface area contributed by atoms with Crippen LogP contribution in [0.1, 0.15) is 19.3 Å². The summed E-state index contributed by atoms with van der Waals surface area (Å²) in [6, 6.07) is 8.75. The molecule has 0 aliphatic rings. The van der Waals surface area contributed by atoms with E-state index in [0.717, 1.165) is 0 Å². The molecule has 2 aromatic heterocycles. The lowest BCUT2D eigenvalue weighted by atomic mass is 10.0. The second-order valence-electron chi connectivity index (χ2n) is 7.62. The molecule has 1 aromatic carbocycles. The number of carbonyl (C=O) groups is 3. The van der Waals surface area contributed by atoms with Gasteiger partial charge in [0, 0.05) is 42.9 Å². The van der Waals surface area contributed by atoms with E-state index in [1.165, 1.54) is 17.2 Å². The molecule has 2 heterocycles. The lowest BCUT2D eigenvalue weighted by Gasteiger charge is -2.24. The first-order valence-corrected chi connectivity index (χ1v) is 12.2. The summed E-state index contributed by atoms with van der Waals surface area (Å²) in [5.41, 5.74) is 7.34. The molecule has 0 saturated carbocycles. The molecule has 3 N–H and O–H groups in total. The molecule has 0 spiro atoms. The Labute approximate surface area is 226 Å². The maximum absolute atomic E-state index is 12.7. The van der Waals surface area contributed by atoms with Crippen molar-refractivity contribution < 1.29 is 24.0 Å². The molecule has 36 heavy (non-hydrogen) atoms. The number of aliphatic carboxylic acids is 1. The highest BCUT2D eigenvalue weighted by Gasteiger charge is 2.25. The van der Waals surface area contributed by atoms with Crippen LogP contribution in [-0.2, 0) is 14.4 Å². The minimum absolute atomic E-state index is 0.0154. The van der Waals surface area contributed by atoms with Crippen LogP contribution in [0.15, 0.2) is 47.1 Å². The van der Waals surface area contributed by atoms with Gasteiger partial charge in [-0.1, -0.05) is 57.6 Å². The first-order valence-electron chi connectivity index (χ1n) is 10.6. The Morgan fingerprint density at radius 1 is 1.06 bits per heavy atom. The fraction of sp³-hybridized carbons (Fsp3) is 0.261. The third-order valence-electron chi connectivity index (χ3n) is 5.15. The van der Waals surface area contributed by atoms with Crippen molar-refractivity contribution >= 4 is 69.8 Å². The number of halogens is 4. The van der Waals surface area contributed by atoms with Gasteiger partial charge >= 0.3 is 5.97 Å². The lowest BCUT2D eigenvalue weighted by molar-refractivity contribution is -0.137. The van der Waals surface area contributed by atoms with Gasteiger partial charge in [-0.25, -0.2) is 0 Å². The number of alkyl halides is 2. The SMILES string of the molecule is N[C@@H](CCC(=O)O)C(=O)CCN(C(=O)C(Cl)Cl)c1ccnc(-c2cc(-c3c(Cl)cccc3Cl)no2)c1. The summed E-state index contributed by atoms with van der Waals surface area (Å²) in [4.78, 5) is 39.9. The van der Waals surface area contributed by atoms with Crippen molar-refractivity contribution in [3.63, 3.8) is 0 Å². The molecule has 9 nitrogen and oxygen atoms in total. The van der Waals surface area contributed by atoms with Gasteiger partial charge < -0.3 is 20.3 Å². The minimum atomic E-state index is -1.39. The largest absolute Gasteiger partial charge is 0.481 e. The van der Waals surface area contributed by atoms with Crippen LogP contribution in [0, 0.1) is 0 Å². The van der Waals surface area contributed by atoms with Crippen molar-refractivity contribution in [3.05, 3.63) is 52.6 Å². The number of ketones is 1. The third-order valence-corrected chi connectivity index (χ3v) is 6.16. The van der Waals surface area contributed by atoms with Gasteiger partial charge in [0.05, 0.1) is 16.1 Å². The van der Waals surface area contributed by atoms with E-state index in [4.69, 9.17) is 61.8 Å². The van der Waals surface area contributed by atoms with Gasteiger partial charge in [0.1, 0.15) is 11.4 Å². The molecular weight excluding hydrogens is 554 g/mol. The predicted molar refractivity (Wildman–Crippen MR) is 138 cm³/mol. The molecule has 0 fully saturated rings. The highest BCUT2D eigenvalue weighted by molar-refractivity contribution is 6.54. The summed E-state index contributed by atoms with van der Waals surface area (Å²) < 4.78 is 5.43. The lowest BCUT2D eigenvalue weighted by Crippen LogP contribution is -2.39. The van der Waals surface area contributed by atoms with Crippen molar-refractivity contribution in [2.75, 3.05) is 11.4 Å². The van der Waals surface area contributed by atoms with E-state index in [1.807, 2.05) is 0 Å². The van der Waals surface area contributed by atoms with E-state index in [-0.39, 0.29) is 31.6 Å². The van der Waals surface area contributed by atoms with Gasteiger partial charge in [0.15, 0.2) is 16.4 Å². The molecule has 0 aliphatic heterocycles. The van der Waals surface area contributed by atoms with Crippen LogP contribution >= 0.6 is 46.4 Å². The monoisotopic (exact) mass is 572 g/mol. The van der Waals surface area contributed by atoms with Crippen molar-refractivity contribution in [3.8, 4) is 22.7 Å². The number of Topliss-reactive ketones (excluding diaryl/α,β-unsaturated/α-hetero) is 1. The average Bonchev–Trinajstić information content (AvgIpc) is 3.32. The summed E-state index contributed by atoms with van der Waals surface area (Å²) in [6.45, 7) is -0.0886. The van der Waals surface area contributed by atoms with Crippen LogP contribution in [0.5, 0.6) is 0 Å². The van der Waals surface area contributed by atoms with E-state index in [9.17, 15) is 14.4 Å². The number of nitrogens with zero attached hydrogens (tertiary/aromatic N) is 3. The van der Waals surface area contributed by atoms with Crippen LogP contribution in [0.25, 0.3) is 22.7 Å². The molecular formula is C23H20Cl4N4O5. The van der Waals surface area contributed by atoms with Crippen molar-refractivity contribution in [1.29, 1.82) is 0 Å². The van der Waals surface area contributed by atoms with E-state index in [0.29, 0.717) is 32.7 Å². The number of rotatable bonds is 11. The number of benzene rings is 1. The van der Waals surface area contributed by atoms with Gasteiger partial charge in [0.2, 0.25) is 0 Å². The molecule has 1 amide bonds. The van der Waals surface area contributed by atoms with Crippen LogP contribution < -0.4 is 10.6 Å². The van der Waals surface area contributed by atoms with Gasteiger partial charge in [-0.05, 0) is 30.7 Å². The number of carboxylic acid groups (broad SMARTS) is 1. The smallest absolute Gasteiger partial charge is 0.303 e. The Hall–Kier alpha value is -2.69.